The van der Waals surface area contributed by atoms with Crippen molar-refractivity contribution < 1.29 is 37.0 Å². The molecule has 1 N–H and O–H groups in total. The highest BCUT2D eigenvalue weighted by molar-refractivity contribution is 7.22. The Morgan fingerprint density at radius 2 is 1.74 bits per heavy atom. The lowest BCUT2D eigenvalue weighted by Crippen LogP contribution is -2.20. The Morgan fingerprint density at radius 3 is 2.45 bits per heavy atom. The standard InChI is InChI=1S/C20H17F3N2O5S/c1-3-28-12-6-5-10(7-13(12)29-4-2)19(27)30-9-15(26)24-20-25-18-14(31-20)8-11(21)16(22)17(18)23/h5-8H,3-4,9H2,1-2H3,(H,24,25,26). The second-order valence-corrected chi connectivity index (χ2v) is 7.03. The van der Waals surface area contributed by atoms with Crippen molar-refractivity contribution in [2.75, 3.05) is 25.1 Å². The van der Waals surface area contributed by atoms with Crippen molar-refractivity contribution in [2.24, 2.45) is 0 Å². The van der Waals surface area contributed by atoms with Gasteiger partial charge in [0, 0.05) is 0 Å². The van der Waals surface area contributed by atoms with E-state index in [1.807, 2.05) is 6.92 Å². The average molecular weight is 454 g/mol. The second kappa shape index (κ2) is 9.65. The Hall–Kier alpha value is -3.34. The molecule has 0 saturated carbocycles. The first-order chi connectivity index (χ1) is 14.8. The minimum Gasteiger partial charge on any atom is -0.490 e. The van der Waals surface area contributed by atoms with Crippen LogP contribution in [-0.4, -0.2) is 36.7 Å². The van der Waals surface area contributed by atoms with Crippen LogP contribution in [0.3, 0.4) is 0 Å². The number of benzene rings is 2. The number of carbonyl (C=O) groups is 2. The molecule has 0 aliphatic rings. The Kier molecular flexibility index (Phi) is 6.95. The maximum Gasteiger partial charge on any atom is 0.338 e. The predicted octanol–water partition coefficient (Wildman–Crippen LogP) is 4.31. The van der Waals surface area contributed by atoms with Crippen molar-refractivity contribution in [1.82, 2.24) is 4.98 Å². The summed E-state index contributed by atoms with van der Waals surface area (Å²) in [6, 6.07) is 5.24. The van der Waals surface area contributed by atoms with Gasteiger partial charge in [0.25, 0.3) is 5.91 Å². The van der Waals surface area contributed by atoms with Crippen molar-refractivity contribution in [3.63, 3.8) is 0 Å². The van der Waals surface area contributed by atoms with Gasteiger partial charge >= 0.3 is 5.97 Å². The first kappa shape index (κ1) is 22.3. The van der Waals surface area contributed by atoms with Gasteiger partial charge in [0.1, 0.15) is 5.52 Å². The molecule has 0 fully saturated rings. The normalized spacial score (nSPS) is 10.7. The SMILES string of the molecule is CCOc1ccc(C(=O)OCC(=O)Nc2nc3c(F)c(F)c(F)cc3s2)cc1OCC. The molecule has 2 aromatic carbocycles. The van der Waals surface area contributed by atoms with E-state index in [0.717, 1.165) is 17.4 Å². The van der Waals surface area contributed by atoms with Gasteiger partial charge in [-0.15, -0.1) is 0 Å². The number of halogens is 3. The summed E-state index contributed by atoms with van der Waals surface area (Å²) in [7, 11) is 0. The number of hydrogen-bond acceptors (Lipinski definition) is 7. The van der Waals surface area contributed by atoms with Gasteiger partial charge in [-0.2, -0.15) is 0 Å². The fourth-order valence-electron chi connectivity index (χ4n) is 2.58. The first-order valence-electron chi connectivity index (χ1n) is 9.14. The molecule has 0 bridgehead atoms. The zero-order valence-corrected chi connectivity index (χ0v) is 17.3. The van der Waals surface area contributed by atoms with Crippen LogP contribution in [0.15, 0.2) is 24.3 Å². The molecule has 3 aromatic rings. The van der Waals surface area contributed by atoms with E-state index in [2.05, 4.69) is 10.3 Å². The number of fused-ring (bicyclic) bond motifs is 1. The number of hydrogen-bond donors (Lipinski definition) is 1. The number of rotatable bonds is 8. The van der Waals surface area contributed by atoms with Crippen molar-refractivity contribution in [3.8, 4) is 11.5 Å². The van der Waals surface area contributed by atoms with Crippen LogP contribution in [0.2, 0.25) is 0 Å². The van der Waals surface area contributed by atoms with Crippen LogP contribution < -0.4 is 14.8 Å². The van der Waals surface area contributed by atoms with Crippen LogP contribution in [0, 0.1) is 17.5 Å². The van der Waals surface area contributed by atoms with Gasteiger partial charge in [-0.1, -0.05) is 11.3 Å². The van der Waals surface area contributed by atoms with Gasteiger partial charge < -0.3 is 14.2 Å². The minimum absolute atomic E-state index is 0.0153. The van der Waals surface area contributed by atoms with Gasteiger partial charge in [0.2, 0.25) is 0 Å². The fraction of sp³-hybridized carbons (Fsp3) is 0.250. The molecule has 1 amide bonds. The topological polar surface area (TPSA) is 86.8 Å². The highest BCUT2D eigenvalue weighted by atomic mass is 32.1. The van der Waals surface area contributed by atoms with Crippen LogP contribution in [0.4, 0.5) is 18.3 Å². The third-order valence-corrected chi connectivity index (χ3v) is 4.80. The first-order valence-corrected chi connectivity index (χ1v) is 9.96. The Labute approximate surface area is 178 Å². The largest absolute Gasteiger partial charge is 0.490 e. The number of amides is 1. The lowest BCUT2D eigenvalue weighted by Gasteiger charge is -2.12. The van der Waals surface area contributed by atoms with E-state index in [-0.39, 0.29) is 15.4 Å². The smallest absolute Gasteiger partial charge is 0.338 e. The molecule has 3 rings (SSSR count). The Morgan fingerprint density at radius 1 is 1.03 bits per heavy atom. The van der Waals surface area contributed by atoms with Crippen molar-refractivity contribution in [1.29, 1.82) is 0 Å². The second-order valence-electron chi connectivity index (χ2n) is 6.00. The van der Waals surface area contributed by atoms with Crippen molar-refractivity contribution >= 4 is 38.6 Å². The zero-order valence-electron chi connectivity index (χ0n) is 16.5. The van der Waals surface area contributed by atoms with E-state index in [1.54, 1.807) is 13.0 Å². The molecular weight excluding hydrogens is 437 g/mol. The zero-order chi connectivity index (χ0) is 22.5. The number of nitrogens with one attached hydrogen (secondary N) is 1. The molecule has 164 valence electrons. The Balaban J connectivity index is 1.64. The summed E-state index contributed by atoms with van der Waals surface area (Å²) >= 11 is 0.746. The molecule has 0 radical (unpaired) electrons. The summed E-state index contributed by atoms with van der Waals surface area (Å²) in [6.45, 7) is 3.71. The van der Waals surface area contributed by atoms with Gasteiger partial charge in [-0.3, -0.25) is 10.1 Å². The van der Waals surface area contributed by atoms with E-state index in [0.29, 0.717) is 24.7 Å². The summed E-state index contributed by atoms with van der Waals surface area (Å²) in [5.41, 5.74) is -0.262. The molecule has 0 atom stereocenters. The van der Waals surface area contributed by atoms with E-state index in [4.69, 9.17) is 14.2 Å². The Bertz CT molecular complexity index is 1140. The molecule has 0 unspecified atom stereocenters. The number of esters is 1. The number of thiazole rings is 1. The summed E-state index contributed by atoms with van der Waals surface area (Å²) in [4.78, 5) is 28.0. The lowest BCUT2D eigenvalue weighted by atomic mass is 10.2. The van der Waals surface area contributed by atoms with Gasteiger partial charge in [0.15, 0.2) is 40.7 Å². The van der Waals surface area contributed by atoms with E-state index in [1.165, 1.54) is 12.1 Å². The molecule has 0 aliphatic heterocycles. The number of carbonyl (C=O) groups excluding carboxylic acids is 2. The van der Waals surface area contributed by atoms with Gasteiger partial charge in [-0.05, 0) is 38.1 Å². The molecule has 1 heterocycles. The third kappa shape index (κ3) is 5.05. The molecule has 7 nitrogen and oxygen atoms in total. The van der Waals surface area contributed by atoms with Crippen molar-refractivity contribution in [3.05, 3.63) is 47.3 Å². The van der Waals surface area contributed by atoms with Crippen LogP contribution in [0.25, 0.3) is 10.2 Å². The highest BCUT2D eigenvalue weighted by Crippen LogP contribution is 2.31. The maximum absolute atomic E-state index is 13.7. The average Bonchev–Trinajstić information content (AvgIpc) is 3.14. The van der Waals surface area contributed by atoms with Crippen LogP contribution in [-0.2, 0) is 9.53 Å². The fourth-order valence-corrected chi connectivity index (χ4v) is 3.48. The number of nitrogens with zero attached hydrogens (tertiary/aromatic N) is 1. The van der Waals surface area contributed by atoms with Gasteiger partial charge in [0.05, 0.1) is 23.5 Å². The molecule has 0 saturated heterocycles. The third-order valence-electron chi connectivity index (χ3n) is 3.88. The van der Waals surface area contributed by atoms with Crippen LogP contribution in [0.1, 0.15) is 24.2 Å². The van der Waals surface area contributed by atoms with Crippen LogP contribution in [0.5, 0.6) is 11.5 Å². The number of aromatic nitrogens is 1. The molecule has 1 aromatic heterocycles. The van der Waals surface area contributed by atoms with E-state index < -0.39 is 41.5 Å². The monoisotopic (exact) mass is 454 g/mol. The van der Waals surface area contributed by atoms with Crippen molar-refractivity contribution in [2.45, 2.75) is 13.8 Å². The predicted molar refractivity (Wildman–Crippen MR) is 107 cm³/mol. The number of anilines is 1. The summed E-state index contributed by atoms with van der Waals surface area (Å²) in [5, 5.41) is 2.20. The molecule has 0 spiro atoms. The quantitative estimate of drug-likeness (QED) is 0.403. The van der Waals surface area contributed by atoms with Crippen LogP contribution >= 0.6 is 11.3 Å². The maximum atomic E-state index is 13.7. The highest BCUT2D eigenvalue weighted by Gasteiger charge is 2.19. The minimum atomic E-state index is -1.65. The van der Waals surface area contributed by atoms with E-state index in [9.17, 15) is 22.8 Å². The molecule has 11 heteroatoms. The lowest BCUT2D eigenvalue weighted by molar-refractivity contribution is -0.119. The molecular formula is C20H17F3N2O5S. The molecule has 0 aliphatic carbocycles. The summed E-state index contributed by atoms with van der Waals surface area (Å²) in [6.07, 6.45) is 0. The number of ether oxygens (including phenoxy) is 3. The van der Waals surface area contributed by atoms with Gasteiger partial charge in [-0.25, -0.2) is 22.9 Å². The summed E-state index contributed by atoms with van der Waals surface area (Å²) < 4.78 is 56.2. The van der Waals surface area contributed by atoms with E-state index >= 15 is 0 Å². The summed E-state index contributed by atoms with van der Waals surface area (Å²) in [5.74, 6) is -5.16. The molecule has 31 heavy (non-hydrogen) atoms.